The third kappa shape index (κ3) is 5.94. The Hall–Kier alpha value is -4.38. The van der Waals surface area contributed by atoms with Crippen molar-refractivity contribution < 1.29 is 13.2 Å². The van der Waals surface area contributed by atoms with Gasteiger partial charge in [0.05, 0.1) is 33.1 Å². The summed E-state index contributed by atoms with van der Waals surface area (Å²) in [6, 6.07) is 22.8. The smallest absolute Gasteiger partial charge is 0.264 e. The Balaban J connectivity index is 1.46. The van der Waals surface area contributed by atoms with Gasteiger partial charge in [0.25, 0.3) is 10.0 Å². The van der Waals surface area contributed by atoms with Crippen LogP contribution in [0.4, 0.5) is 5.69 Å². The van der Waals surface area contributed by atoms with Crippen LogP contribution in [-0.4, -0.2) is 32.5 Å². The summed E-state index contributed by atoms with van der Waals surface area (Å²) in [6.07, 6.45) is 0.197. The highest BCUT2D eigenvalue weighted by Crippen LogP contribution is 2.48. The van der Waals surface area contributed by atoms with Crippen molar-refractivity contribution >= 4 is 56.5 Å². The van der Waals surface area contributed by atoms with Crippen molar-refractivity contribution in [2.45, 2.75) is 23.8 Å². The fourth-order valence-electron chi connectivity index (χ4n) is 5.26. The maximum atomic E-state index is 14.2. The van der Waals surface area contributed by atoms with E-state index in [4.69, 9.17) is 45.5 Å². The van der Waals surface area contributed by atoms with E-state index in [0.717, 1.165) is 11.1 Å². The Kier molecular flexibility index (Phi) is 8.45. The number of sulfonamides is 1. The molecular weight excluding hydrogens is 607 g/mol. The minimum Gasteiger partial charge on any atom is -0.384 e. The van der Waals surface area contributed by atoms with Crippen molar-refractivity contribution in [3.8, 4) is 11.1 Å². The summed E-state index contributed by atoms with van der Waals surface area (Å²) >= 11 is 12.3. The molecule has 1 unspecified atom stereocenters. The molecule has 4 aromatic carbocycles. The summed E-state index contributed by atoms with van der Waals surface area (Å²) in [6.45, 7) is 0.211. The number of amidine groups is 2. The van der Waals surface area contributed by atoms with Crippen molar-refractivity contribution in [1.82, 2.24) is 5.32 Å². The molecule has 1 amide bonds. The maximum Gasteiger partial charge on any atom is 0.264 e. The second-order valence-electron chi connectivity index (χ2n) is 10.0. The molecule has 4 aromatic rings. The van der Waals surface area contributed by atoms with E-state index >= 15 is 0 Å². The van der Waals surface area contributed by atoms with Crippen molar-refractivity contribution in [3.05, 3.63) is 117 Å². The molecule has 5 rings (SSSR count). The molecule has 0 spiro atoms. The fourth-order valence-corrected chi connectivity index (χ4v) is 7.30. The Morgan fingerprint density at radius 3 is 2.26 bits per heavy atom. The number of nitrogens with two attached hydrogens (primary N) is 2. The summed E-state index contributed by atoms with van der Waals surface area (Å²) < 4.78 is 29.7. The molecule has 0 saturated heterocycles. The third-order valence-corrected chi connectivity index (χ3v) is 9.85. The molecule has 7 N–H and O–H groups in total. The largest absolute Gasteiger partial charge is 0.384 e. The molecular formula is C31H28Cl2N6O3S. The summed E-state index contributed by atoms with van der Waals surface area (Å²) in [5.41, 5.74) is 15.6. The molecule has 43 heavy (non-hydrogen) atoms. The van der Waals surface area contributed by atoms with Crippen molar-refractivity contribution in [2.24, 2.45) is 11.5 Å². The molecule has 1 aliphatic heterocycles. The minimum absolute atomic E-state index is 0.0488. The lowest BCUT2D eigenvalue weighted by molar-refractivity contribution is -0.121. The number of rotatable bonds is 9. The molecule has 0 radical (unpaired) electrons. The first-order valence-corrected chi connectivity index (χ1v) is 15.4. The lowest BCUT2D eigenvalue weighted by atomic mass is 9.88. The van der Waals surface area contributed by atoms with Gasteiger partial charge < -0.3 is 16.8 Å². The topological polar surface area (TPSA) is 166 Å². The zero-order valence-corrected chi connectivity index (χ0v) is 25.1. The van der Waals surface area contributed by atoms with Gasteiger partial charge in [0.1, 0.15) is 11.7 Å². The van der Waals surface area contributed by atoms with Gasteiger partial charge in [0.2, 0.25) is 5.91 Å². The first-order valence-electron chi connectivity index (χ1n) is 13.2. The predicted molar refractivity (Wildman–Crippen MR) is 171 cm³/mol. The van der Waals surface area contributed by atoms with Gasteiger partial charge in [-0.25, -0.2) is 8.42 Å². The van der Waals surface area contributed by atoms with Crippen molar-refractivity contribution in [3.63, 3.8) is 0 Å². The predicted octanol–water partition coefficient (Wildman–Crippen LogP) is 5.23. The van der Waals surface area contributed by atoms with Gasteiger partial charge in [0, 0.05) is 23.2 Å². The summed E-state index contributed by atoms with van der Waals surface area (Å²) in [7, 11) is -4.20. The number of halogens is 2. The van der Waals surface area contributed by atoms with Crippen LogP contribution >= 0.6 is 23.2 Å². The molecule has 0 bridgehead atoms. The summed E-state index contributed by atoms with van der Waals surface area (Å²) in [5, 5.41) is 18.8. The lowest BCUT2D eigenvalue weighted by Gasteiger charge is -2.39. The number of benzene rings is 4. The Morgan fingerprint density at radius 1 is 0.860 bits per heavy atom. The van der Waals surface area contributed by atoms with Crippen LogP contribution in [-0.2, 0) is 21.2 Å². The third-order valence-electron chi connectivity index (χ3n) is 7.29. The first-order chi connectivity index (χ1) is 20.5. The second-order valence-corrected chi connectivity index (χ2v) is 12.6. The van der Waals surface area contributed by atoms with Crippen LogP contribution in [0.5, 0.6) is 0 Å². The van der Waals surface area contributed by atoms with E-state index in [9.17, 15) is 13.2 Å². The average Bonchev–Trinajstić information content (AvgIpc) is 2.98. The number of nitrogen functional groups attached to an aromatic ring is 2. The highest BCUT2D eigenvalue weighted by molar-refractivity contribution is 7.92. The van der Waals surface area contributed by atoms with E-state index in [1.54, 1.807) is 30.3 Å². The maximum absolute atomic E-state index is 14.2. The zero-order chi connectivity index (χ0) is 30.9. The molecule has 220 valence electrons. The van der Waals surface area contributed by atoms with E-state index in [2.05, 4.69) is 5.32 Å². The SMILES string of the molecule is N=C(N)c1ccc(CCNC(=O)CC2c3ccccc3-c3ccccc3N2S(=O)(=O)c2ccc(Cl)c(Cl)c2)c(C(=N)N)c1. The lowest BCUT2D eigenvalue weighted by Crippen LogP contribution is -2.40. The highest BCUT2D eigenvalue weighted by Gasteiger charge is 2.40. The number of anilines is 1. The number of hydrogen-bond donors (Lipinski definition) is 5. The quantitative estimate of drug-likeness (QED) is 0.125. The van der Waals surface area contributed by atoms with Crippen LogP contribution < -0.4 is 21.1 Å². The average molecular weight is 636 g/mol. The van der Waals surface area contributed by atoms with Crippen molar-refractivity contribution in [2.75, 3.05) is 10.8 Å². The van der Waals surface area contributed by atoms with E-state index in [-0.39, 0.29) is 45.5 Å². The molecule has 0 aromatic heterocycles. The zero-order valence-electron chi connectivity index (χ0n) is 22.8. The number of carbonyl (C=O) groups is 1. The van der Waals surface area contributed by atoms with Gasteiger partial charge in [-0.2, -0.15) is 0 Å². The molecule has 1 heterocycles. The summed E-state index contributed by atoms with van der Waals surface area (Å²) in [4.78, 5) is 13.4. The van der Waals surface area contributed by atoms with E-state index < -0.39 is 16.1 Å². The van der Waals surface area contributed by atoms with Crippen LogP contribution in [0.15, 0.2) is 89.8 Å². The van der Waals surface area contributed by atoms with Crippen LogP contribution in [0.25, 0.3) is 11.1 Å². The number of para-hydroxylation sites is 1. The first kappa shape index (κ1) is 30.1. The number of amides is 1. The van der Waals surface area contributed by atoms with E-state index in [0.29, 0.717) is 34.4 Å². The number of carbonyl (C=O) groups excluding carboxylic acids is 1. The van der Waals surface area contributed by atoms with Gasteiger partial charge >= 0.3 is 0 Å². The van der Waals surface area contributed by atoms with Gasteiger partial charge in [-0.3, -0.25) is 19.9 Å². The molecule has 1 aliphatic rings. The number of nitrogens with zero attached hydrogens (tertiary/aromatic N) is 1. The normalized spacial score (nSPS) is 14.0. The van der Waals surface area contributed by atoms with Crippen LogP contribution in [0.2, 0.25) is 10.0 Å². The molecule has 0 fully saturated rings. The number of nitrogens with one attached hydrogen (secondary N) is 3. The minimum atomic E-state index is -4.20. The molecule has 12 heteroatoms. The monoisotopic (exact) mass is 634 g/mol. The van der Waals surface area contributed by atoms with Crippen LogP contribution in [0, 0.1) is 10.8 Å². The van der Waals surface area contributed by atoms with Gasteiger partial charge in [-0.1, -0.05) is 77.8 Å². The van der Waals surface area contributed by atoms with Crippen LogP contribution in [0.3, 0.4) is 0 Å². The second kappa shape index (κ2) is 12.1. The van der Waals surface area contributed by atoms with Gasteiger partial charge in [0.15, 0.2) is 0 Å². The Bertz CT molecular complexity index is 1880. The Morgan fingerprint density at radius 2 is 1.56 bits per heavy atom. The highest BCUT2D eigenvalue weighted by atomic mass is 35.5. The summed E-state index contributed by atoms with van der Waals surface area (Å²) in [5.74, 6) is -0.680. The van der Waals surface area contributed by atoms with Crippen LogP contribution in [0.1, 0.15) is 34.7 Å². The Labute approximate surface area is 259 Å². The number of hydrogen-bond acceptors (Lipinski definition) is 5. The molecule has 0 saturated carbocycles. The van der Waals surface area contributed by atoms with Crippen molar-refractivity contribution in [1.29, 1.82) is 10.8 Å². The number of fused-ring (bicyclic) bond motifs is 3. The van der Waals surface area contributed by atoms with Gasteiger partial charge in [-0.05, 0) is 53.4 Å². The fraction of sp³-hybridized carbons (Fsp3) is 0.129. The molecule has 0 aliphatic carbocycles. The molecule has 1 atom stereocenters. The standard InChI is InChI=1S/C31H28Cl2N6O3S/c32-25-12-11-20(16-26(25)33)43(41,42)39-27-8-4-3-6-22(27)21-5-1-2-7-23(21)28(39)17-29(40)38-14-13-18-9-10-19(30(34)35)15-24(18)31(36)37/h1-12,15-16,28H,13-14,17H2,(H3,34,35)(H3,36,37)(H,38,40). The molecule has 9 nitrogen and oxygen atoms in total. The van der Waals surface area contributed by atoms with E-state index in [1.807, 2.05) is 36.4 Å². The van der Waals surface area contributed by atoms with E-state index in [1.165, 1.54) is 22.5 Å². The van der Waals surface area contributed by atoms with Gasteiger partial charge in [-0.15, -0.1) is 0 Å².